The highest BCUT2D eigenvalue weighted by atomic mass is 28.4. The van der Waals surface area contributed by atoms with Gasteiger partial charge in [0.05, 0.1) is 5.54 Å². The van der Waals surface area contributed by atoms with Crippen molar-refractivity contribution in [3.63, 3.8) is 0 Å². The van der Waals surface area contributed by atoms with E-state index in [0.717, 1.165) is 0 Å². The fraction of sp³-hybridized carbons (Fsp3) is 0.750. The third kappa shape index (κ3) is 5.42. The zero-order chi connectivity index (χ0) is 15.1. The smallest absolute Gasteiger partial charge is 0.455 e. The second-order valence-corrected chi connectivity index (χ2v) is 7.22. The Morgan fingerprint density at radius 2 is 1.05 bits per heavy atom. The first-order chi connectivity index (χ1) is 8.81. The van der Waals surface area contributed by atoms with E-state index in [2.05, 4.69) is 0 Å². The molecule has 0 atom stereocenters. The highest BCUT2D eigenvalue weighted by Crippen LogP contribution is 2.26. The third-order valence-electron chi connectivity index (χ3n) is 2.34. The van der Waals surface area contributed by atoms with Crippen molar-refractivity contribution in [1.82, 2.24) is 0 Å². The van der Waals surface area contributed by atoms with Crippen LogP contribution in [0.1, 0.15) is 53.9 Å². The molecular weight excluding hydrogens is 268 g/mol. The maximum Gasteiger partial charge on any atom is 0.707 e. The summed E-state index contributed by atoms with van der Waals surface area (Å²) in [5, 5.41) is 0. The SMILES string of the molecule is CCC(=O)O[Si](OC(=O)CC)(OC(=O)CC)C(C)C. The van der Waals surface area contributed by atoms with E-state index in [4.69, 9.17) is 13.3 Å². The predicted molar refractivity (Wildman–Crippen MR) is 70.0 cm³/mol. The first kappa shape index (κ1) is 17.6. The van der Waals surface area contributed by atoms with Crippen molar-refractivity contribution >= 4 is 26.7 Å². The molecule has 0 saturated heterocycles. The van der Waals surface area contributed by atoms with Crippen LogP contribution in [-0.4, -0.2) is 26.7 Å². The zero-order valence-corrected chi connectivity index (χ0v) is 13.1. The van der Waals surface area contributed by atoms with Crippen molar-refractivity contribution in [3.8, 4) is 0 Å². The fourth-order valence-electron chi connectivity index (χ4n) is 1.11. The Bertz CT molecular complexity index is 294. The molecule has 19 heavy (non-hydrogen) atoms. The van der Waals surface area contributed by atoms with Crippen LogP contribution in [0.25, 0.3) is 0 Å². The average molecular weight is 290 g/mol. The van der Waals surface area contributed by atoms with Crippen molar-refractivity contribution in [2.45, 2.75) is 59.4 Å². The minimum absolute atomic E-state index is 0.120. The Labute approximate surface area is 114 Å². The Hall–Kier alpha value is -1.37. The quantitative estimate of drug-likeness (QED) is 0.669. The molecule has 0 aromatic carbocycles. The Morgan fingerprint density at radius 1 is 0.789 bits per heavy atom. The molecule has 6 nitrogen and oxygen atoms in total. The van der Waals surface area contributed by atoms with Crippen LogP contribution in [0.3, 0.4) is 0 Å². The lowest BCUT2D eigenvalue weighted by atomic mass is 10.5. The molecule has 0 rings (SSSR count). The van der Waals surface area contributed by atoms with E-state index >= 15 is 0 Å². The summed E-state index contributed by atoms with van der Waals surface area (Å²) in [6.07, 6.45) is 0.360. The summed E-state index contributed by atoms with van der Waals surface area (Å²) in [4.78, 5) is 34.5. The van der Waals surface area contributed by atoms with Gasteiger partial charge >= 0.3 is 8.80 Å². The van der Waals surface area contributed by atoms with Gasteiger partial charge in [-0.05, 0) is 0 Å². The van der Waals surface area contributed by atoms with Crippen LogP contribution < -0.4 is 0 Å². The highest BCUT2D eigenvalue weighted by Gasteiger charge is 2.56. The molecule has 0 radical (unpaired) electrons. The summed E-state index contributed by atoms with van der Waals surface area (Å²) in [6.45, 7) is 8.24. The van der Waals surface area contributed by atoms with Crippen LogP contribution >= 0.6 is 0 Å². The van der Waals surface area contributed by atoms with E-state index in [9.17, 15) is 14.4 Å². The minimum atomic E-state index is -3.67. The number of rotatable bonds is 7. The van der Waals surface area contributed by atoms with Gasteiger partial charge in [-0.2, -0.15) is 0 Å². The van der Waals surface area contributed by atoms with Crippen molar-refractivity contribution in [2.75, 3.05) is 0 Å². The van der Waals surface area contributed by atoms with Crippen LogP contribution in [0, 0.1) is 0 Å². The van der Waals surface area contributed by atoms with Crippen LogP contribution in [0.4, 0.5) is 0 Å². The van der Waals surface area contributed by atoms with Gasteiger partial charge in [0.15, 0.2) is 0 Å². The fourth-order valence-corrected chi connectivity index (χ4v) is 3.33. The first-order valence-corrected chi connectivity index (χ1v) is 8.26. The monoisotopic (exact) mass is 290 g/mol. The molecule has 0 spiro atoms. The topological polar surface area (TPSA) is 78.9 Å². The molecule has 0 aliphatic carbocycles. The molecule has 0 aromatic rings. The van der Waals surface area contributed by atoms with Gasteiger partial charge in [-0.3, -0.25) is 14.4 Å². The first-order valence-electron chi connectivity index (χ1n) is 6.46. The van der Waals surface area contributed by atoms with Crippen LogP contribution in [0.15, 0.2) is 0 Å². The molecule has 0 unspecified atom stereocenters. The Balaban J connectivity index is 5.26. The Morgan fingerprint density at radius 3 is 1.21 bits per heavy atom. The standard InChI is InChI=1S/C12H22O6Si/c1-6-10(13)16-19(9(4)5,17-11(14)7-2)18-12(15)8-3/h9H,6-8H2,1-5H3. The van der Waals surface area contributed by atoms with E-state index in [0.29, 0.717) is 0 Å². The summed E-state index contributed by atoms with van der Waals surface area (Å²) in [6, 6.07) is 0. The van der Waals surface area contributed by atoms with Gasteiger partial charge in [0, 0.05) is 19.3 Å². The molecule has 0 aromatic heterocycles. The van der Waals surface area contributed by atoms with Gasteiger partial charge < -0.3 is 13.3 Å². The third-order valence-corrected chi connectivity index (χ3v) is 5.29. The van der Waals surface area contributed by atoms with Crippen molar-refractivity contribution < 1.29 is 27.7 Å². The summed E-state index contributed by atoms with van der Waals surface area (Å²) < 4.78 is 15.6. The lowest BCUT2D eigenvalue weighted by molar-refractivity contribution is -0.150. The van der Waals surface area contributed by atoms with Crippen molar-refractivity contribution in [1.29, 1.82) is 0 Å². The molecular formula is C12H22O6Si. The molecule has 0 bridgehead atoms. The maximum absolute atomic E-state index is 11.5. The number of carbonyl (C=O) groups excluding carboxylic acids is 3. The van der Waals surface area contributed by atoms with Gasteiger partial charge in [-0.25, -0.2) is 0 Å². The molecule has 0 amide bonds. The molecule has 0 N–H and O–H groups in total. The molecule has 0 heterocycles. The highest BCUT2D eigenvalue weighted by molar-refractivity contribution is 6.67. The number of hydrogen-bond donors (Lipinski definition) is 0. The lowest BCUT2D eigenvalue weighted by Gasteiger charge is -2.30. The molecule has 0 fully saturated rings. The normalized spacial score (nSPS) is 11.1. The van der Waals surface area contributed by atoms with Gasteiger partial charge in [-0.15, -0.1) is 0 Å². The summed E-state index contributed by atoms with van der Waals surface area (Å²) in [7, 11) is -3.67. The molecule has 0 saturated carbocycles. The second kappa shape index (κ2) is 7.93. The van der Waals surface area contributed by atoms with E-state index in [-0.39, 0.29) is 24.8 Å². The van der Waals surface area contributed by atoms with E-state index in [1.54, 1.807) is 34.6 Å². The molecule has 0 aliphatic heterocycles. The maximum atomic E-state index is 11.5. The molecule has 110 valence electrons. The van der Waals surface area contributed by atoms with Crippen LogP contribution in [0.5, 0.6) is 0 Å². The van der Waals surface area contributed by atoms with Crippen LogP contribution in [0.2, 0.25) is 5.54 Å². The van der Waals surface area contributed by atoms with E-state index in [1.165, 1.54) is 0 Å². The van der Waals surface area contributed by atoms with E-state index < -0.39 is 26.7 Å². The largest absolute Gasteiger partial charge is 0.707 e. The summed E-state index contributed by atoms with van der Waals surface area (Å²) in [5.41, 5.74) is -0.381. The number of carbonyl (C=O) groups is 3. The average Bonchev–Trinajstić information content (AvgIpc) is 2.37. The van der Waals surface area contributed by atoms with Crippen LogP contribution in [-0.2, 0) is 27.7 Å². The van der Waals surface area contributed by atoms with Gasteiger partial charge in [0.25, 0.3) is 17.9 Å². The zero-order valence-electron chi connectivity index (χ0n) is 12.1. The minimum Gasteiger partial charge on any atom is -0.455 e. The van der Waals surface area contributed by atoms with E-state index in [1.807, 2.05) is 0 Å². The summed E-state index contributed by atoms with van der Waals surface area (Å²) >= 11 is 0. The summed E-state index contributed by atoms with van der Waals surface area (Å²) in [5.74, 6) is -1.64. The number of hydrogen-bond acceptors (Lipinski definition) is 6. The Kier molecular flexibility index (Phi) is 7.36. The van der Waals surface area contributed by atoms with Crippen molar-refractivity contribution in [2.24, 2.45) is 0 Å². The lowest BCUT2D eigenvalue weighted by Crippen LogP contribution is -2.52. The van der Waals surface area contributed by atoms with Gasteiger partial charge in [-0.1, -0.05) is 34.6 Å². The van der Waals surface area contributed by atoms with Gasteiger partial charge in [0.2, 0.25) is 0 Å². The van der Waals surface area contributed by atoms with Gasteiger partial charge in [0.1, 0.15) is 0 Å². The molecule has 7 heteroatoms. The predicted octanol–water partition coefficient (Wildman–Crippen LogP) is 2.19. The van der Waals surface area contributed by atoms with Crippen molar-refractivity contribution in [3.05, 3.63) is 0 Å². The second-order valence-electron chi connectivity index (χ2n) is 4.24. The molecule has 0 aliphatic rings.